The average Bonchev–Trinajstić information content (AvgIpc) is 3.15. The maximum atomic E-state index is 12.1. The molecule has 0 fully saturated rings. The first-order valence-electron chi connectivity index (χ1n) is 7.03. The van der Waals surface area contributed by atoms with Crippen LogP contribution in [0.15, 0.2) is 59.5 Å². The zero-order valence-electron chi connectivity index (χ0n) is 12.5. The van der Waals surface area contributed by atoms with Gasteiger partial charge in [-0.3, -0.25) is 9.78 Å². The molecule has 0 aliphatic carbocycles. The molecule has 0 saturated carbocycles. The molecule has 0 atom stereocenters. The number of hydrogen-bond acceptors (Lipinski definition) is 5. The molecular weight excluding hydrogens is 294 g/mol. The van der Waals surface area contributed by atoms with Crippen LogP contribution in [0.1, 0.15) is 15.9 Å². The molecule has 23 heavy (non-hydrogen) atoms. The largest absolute Gasteiger partial charge is 0.481 e. The number of methoxy groups -OCH3 is 1. The molecule has 3 aromatic rings. The van der Waals surface area contributed by atoms with Crippen molar-refractivity contribution in [1.29, 1.82) is 0 Å². The molecule has 3 rings (SSSR count). The predicted octanol–water partition coefficient (Wildman–Crippen LogP) is 2.68. The highest BCUT2D eigenvalue weighted by molar-refractivity contribution is 5.93. The zero-order chi connectivity index (χ0) is 16.1. The van der Waals surface area contributed by atoms with Crippen molar-refractivity contribution in [2.24, 2.45) is 0 Å². The molecule has 6 nitrogen and oxygen atoms in total. The molecule has 1 N–H and O–H groups in total. The molecule has 0 aliphatic heterocycles. The number of nitrogens with one attached hydrogen (secondary N) is 1. The van der Waals surface area contributed by atoms with E-state index >= 15 is 0 Å². The molecule has 0 saturated heterocycles. The minimum atomic E-state index is -0.198. The lowest BCUT2D eigenvalue weighted by atomic mass is 10.2. The average molecular weight is 309 g/mol. The third-order valence-corrected chi connectivity index (χ3v) is 3.26. The van der Waals surface area contributed by atoms with Crippen LogP contribution >= 0.6 is 0 Å². The highest BCUT2D eigenvalue weighted by Crippen LogP contribution is 2.18. The Balaban J connectivity index is 1.65. The first-order valence-corrected chi connectivity index (χ1v) is 7.03. The maximum absolute atomic E-state index is 12.1. The van der Waals surface area contributed by atoms with E-state index in [1.54, 1.807) is 24.6 Å². The Morgan fingerprint density at radius 3 is 2.87 bits per heavy atom. The summed E-state index contributed by atoms with van der Waals surface area (Å²) in [5.74, 6) is 0.966. The third-order valence-electron chi connectivity index (χ3n) is 3.26. The van der Waals surface area contributed by atoms with Gasteiger partial charge in [0.1, 0.15) is 5.69 Å². The van der Waals surface area contributed by atoms with E-state index in [4.69, 9.17) is 9.15 Å². The van der Waals surface area contributed by atoms with Crippen LogP contribution in [0, 0.1) is 0 Å². The van der Waals surface area contributed by atoms with Gasteiger partial charge in [0.05, 0.1) is 18.9 Å². The second-order valence-electron chi connectivity index (χ2n) is 4.80. The minimum absolute atomic E-state index is 0.198. The monoisotopic (exact) mass is 309 g/mol. The molecule has 3 heterocycles. The van der Waals surface area contributed by atoms with Crippen LogP contribution in [0.2, 0.25) is 0 Å². The summed E-state index contributed by atoms with van der Waals surface area (Å²) in [6, 6.07) is 10.7. The molecule has 0 unspecified atom stereocenters. The number of nitrogens with zero attached hydrogens (tertiary/aromatic N) is 2. The van der Waals surface area contributed by atoms with E-state index in [1.807, 2.05) is 24.3 Å². The van der Waals surface area contributed by atoms with Gasteiger partial charge in [-0.2, -0.15) is 0 Å². The Hall–Kier alpha value is -3.15. The fourth-order valence-corrected chi connectivity index (χ4v) is 2.06. The zero-order valence-corrected chi connectivity index (χ0v) is 12.5. The number of hydrogen-bond donors (Lipinski definition) is 1. The number of rotatable bonds is 5. The fourth-order valence-electron chi connectivity index (χ4n) is 2.06. The molecule has 0 aromatic carbocycles. The van der Waals surface area contributed by atoms with Gasteiger partial charge in [-0.05, 0) is 35.9 Å². The minimum Gasteiger partial charge on any atom is -0.481 e. The van der Waals surface area contributed by atoms with Gasteiger partial charge in [0.2, 0.25) is 5.88 Å². The molecule has 6 heteroatoms. The van der Waals surface area contributed by atoms with Crippen molar-refractivity contribution in [2.75, 3.05) is 7.11 Å². The van der Waals surface area contributed by atoms with E-state index in [0.29, 0.717) is 23.7 Å². The summed E-state index contributed by atoms with van der Waals surface area (Å²) in [5.41, 5.74) is 2.14. The number of amides is 1. The molecule has 0 spiro atoms. The number of pyridine rings is 2. The lowest BCUT2D eigenvalue weighted by Gasteiger charge is -2.06. The van der Waals surface area contributed by atoms with E-state index in [0.717, 1.165) is 11.3 Å². The summed E-state index contributed by atoms with van der Waals surface area (Å²) in [7, 11) is 1.53. The first-order chi connectivity index (χ1) is 11.3. The number of furan rings is 1. The molecule has 0 bridgehead atoms. The van der Waals surface area contributed by atoms with Crippen molar-refractivity contribution in [3.05, 3.63) is 66.2 Å². The van der Waals surface area contributed by atoms with Gasteiger partial charge in [-0.15, -0.1) is 0 Å². The van der Waals surface area contributed by atoms with Crippen LogP contribution < -0.4 is 10.1 Å². The van der Waals surface area contributed by atoms with E-state index in [9.17, 15) is 4.79 Å². The van der Waals surface area contributed by atoms with Crippen LogP contribution in [0.3, 0.4) is 0 Å². The molecule has 1 amide bonds. The maximum Gasteiger partial charge on any atom is 0.253 e. The Morgan fingerprint density at radius 1 is 1.26 bits per heavy atom. The Kier molecular flexibility index (Phi) is 4.33. The summed E-state index contributed by atoms with van der Waals surface area (Å²) in [6.07, 6.45) is 4.77. The van der Waals surface area contributed by atoms with Crippen molar-refractivity contribution in [2.45, 2.75) is 6.54 Å². The summed E-state index contributed by atoms with van der Waals surface area (Å²) < 4.78 is 10.3. The first kappa shape index (κ1) is 14.8. The smallest absolute Gasteiger partial charge is 0.253 e. The second kappa shape index (κ2) is 6.74. The summed E-state index contributed by atoms with van der Waals surface area (Å²) in [5, 5.41) is 2.85. The van der Waals surface area contributed by atoms with Gasteiger partial charge in [-0.25, -0.2) is 4.98 Å². The predicted molar refractivity (Wildman–Crippen MR) is 83.9 cm³/mol. The van der Waals surface area contributed by atoms with Crippen LogP contribution in [0.5, 0.6) is 5.88 Å². The SMILES string of the molecule is COc1ccc(C(=O)NCc2ccnc(-c3ccco3)c2)cn1. The summed E-state index contributed by atoms with van der Waals surface area (Å²) >= 11 is 0. The number of carbonyl (C=O) groups excluding carboxylic acids is 1. The third kappa shape index (κ3) is 3.55. The van der Waals surface area contributed by atoms with Gasteiger partial charge >= 0.3 is 0 Å². The van der Waals surface area contributed by atoms with Crippen molar-refractivity contribution in [3.63, 3.8) is 0 Å². The fraction of sp³-hybridized carbons (Fsp3) is 0.118. The van der Waals surface area contributed by atoms with Crippen molar-refractivity contribution in [1.82, 2.24) is 15.3 Å². The van der Waals surface area contributed by atoms with Crippen LogP contribution in [0.4, 0.5) is 0 Å². The van der Waals surface area contributed by atoms with Crippen LogP contribution in [0.25, 0.3) is 11.5 Å². The van der Waals surface area contributed by atoms with Gasteiger partial charge in [-0.1, -0.05) is 0 Å². The van der Waals surface area contributed by atoms with Crippen molar-refractivity contribution >= 4 is 5.91 Å². The number of ether oxygens (including phenoxy) is 1. The normalized spacial score (nSPS) is 10.3. The summed E-state index contributed by atoms with van der Waals surface area (Å²) in [4.78, 5) is 20.4. The van der Waals surface area contributed by atoms with Gasteiger partial charge in [0.15, 0.2) is 5.76 Å². The molecule has 0 aliphatic rings. The number of aromatic nitrogens is 2. The quantitative estimate of drug-likeness (QED) is 0.784. The lowest BCUT2D eigenvalue weighted by molar-refractivity contribution is 0.0950. The van der Waals surface area contributed by atoms with Gasteiger partial charge in [0.25, 0.3) is 5.91 Å². The number of carbonyl (C=O) groups is 1. The second-order valence-corrected chi connectivity index (χ2v) is 4.80. The van der Waals surface area contributed by atoms with Crippen molar-refractivity contribution in [3.8, 4) is 17.3 Å². The Morgan fingerprint density at radius 2 is 2.17 bits per heavy atom. The molecule has 0 radical (unpaired) electrons. The van der Waals surface area contributed by atoms with Gasteiger partial charge < -0.3 is 14.5 Å². The molecule has 116 valence electrons. The van der Waals surface area contributed by atoms with Crippen LogP contribution in [-0.4, -0.2) is 23.0 Å². The van der Waals surface area contributed by atoms with E-state index in [1.165, 1.54) is 13.3 Å². The lowest BCUT2D eigenvalue weighted by Crippen LogP contribution is -2.22. The standard InChI is InChI=1S/C17H15N3O3/c1-22-16-5-4-13(11-19-16)17(21)20-10-12-6-7-18-14(9-12)15-3-2-8-23-15/h2-9,11H,10H2,1H3,(H,20,21). The summed E-state index contributed by atoms with van der Waals surface area (Å²) in [6.45, 7) is 0.390. The van der Waals surface area contributed by atoms with E-state index < -0.39 is 0 Å². The highest BCUT2D eigenvalue weighted by atomic mass is 16.5. The highest BCUT2D eigenvalue weighted by Gasteiger charge is 2.08. The van der Waals surface area contributed by atoms with Gasteiger partial charge in [0, 0.05) is 25.0 Å². The topological polar surface area (TPSA) is 77.2 Å². The van der Waals surface area contributed by atoms with E-state index in [2.05, 4.69) is 15.3 Å². The van der Waals surface area contributed by atoms with E-state index in [-0.39, 0.29) is 5.91 Å². The Labute approximate surface area is 133 Å². The van der Waals surface area contributed by atoms with Crippen molar-refractivity contribution < 1.29 is 13.9 Å². The van der Waals surface area contributed by atoms with Crippen LogP contribution in [-0.2, 0) is 6.54 Å². The Bertz CT molecular complexity index is 783. The molecule has 3 aromatic heterocycles. The molecular formula is C17H15N3O3.